The van der Waals surface area contributed by atoms with Crippen LogP contribution in [0.3, 0.4) is 0 Å². The van der Waals surface area contributed by atoms with E-state index in [1.54, 1.807) is 20.8 Å². The van der Waals surface area contributed by atoms with Gasteiger partial charge in [0.2, 0.25) is 17.7 Å². The number of benzene rings is 1. The Bertz CT molecular complexity index is 988. The van der Waals surface area contributed by atoms with Gasteiger partial charge in [-0.3, -0.25) is 14.4 Å². The summed E-state index contributed by atoms with van der Waals surface area (Å²) in [6, 6.07) is 5.68. The predicted molar refractivity (Wildman–Crippen MR) is 152 cm³/mol. The molecule has 1 fully saturated rings. The molecule has 9 nitrogen and oxygen atoms in total. The highest BCUT2D eigenvalue weighted by Crippen LogP contribution is 2.31. The average Bonchev–Trinajstić information content (AvgIpc) is 2.83. The number of nitrogens with one attached hydrogen (secondary N) is 2. The summed E-state index contributed by atoms with van der Waals surface area (Å²) < 4.78 is 5.39. The lowest BCUT2D eigenvalue weighted by atomic mass is 9.92. The first-order chi connectivity index (χ1) is 18.1. The number of carbonyl (C=O) groups excluding carboxylic acids is 4. The van der Waals surface area contributed by atoms with Crippen LogP contribution in [-0.2, 0) is 25.5 Å². The summed E-state index contributed by atoms with van der Waals surface area (Å²) in [4.78, 5) is 54.1. The van der Waals surface area contributed by atoms with Crippen LogP contribution in [0.2, 0.25) is 0 Å². The van der Waals surface area contributed by atoms with Crippen molar-refractivity contribution in [2.24, 2.45) is 5.73 Å². The Morgan fingerprint density at radius 1 is 1.00 bits per heavy atom. The van der Waals surface area contributed by atoms with Gasteiger partial charge >= 0.3 is 6.09 Å². The van der Waals surface area contributed by atoms with Gasteiger partial charge in [0.15, 0.2) is 0 Å². The Morgan fingerprint density at radius 3 is 2.08 bits per heavy atom. The molecule has 4 amide bonds. The number of nitrogens with zero attached hydrogens (tertiary/aromatic N) is 1. The summed E-state index contributed by atoms with van der Waals surface area (Å²) in [5.74, 6) is -1.35. The summed E-state index contributed by atoms with van der Waals surface area (Å²) >= 11 is 0. The molecule has 0 spiro atoms. The van der Waals surface area contributed by atoms with Crippen molar-refractivity contribution in [3.8, 4) is 0 Å². The fraction of sp³-hybridized carbons (Fsp3) is 0.667. The topological polar surface area (TPSA) is 131 Å². The van der Waals surface area contributed by atoms with E-state index in [-0.39, 0.29) is 24.8 Å². The summed E-state index contributed by atoms with van der Waals surface area (Å²) in [5.41, 5.74) is 5.59. The van der Waals surface area contributed by atoms with Crippen molar-refractivity contribution < 1.29 is 23.9 Å². The Balaban J connectivity index is 2.52. The van der Waals surface area contributed by atoms with E-state index in [9.17, 15) is 19.2 Å². The minimum atomic E-state index is -1.12. The van der Waals surface area contributed by atoms with E-state index in [1.165, 1.54) is 4.90 Å². The van der Waals surface area contributed by atoms with Crippen molar-refractivity contribution in [1.29, 1.82) is 0 Å². The molecule has 9 heteroatoms. The molecule has 218 valence electrons. The van der Waals surface area contributed by atoms with Crippen LogP contribution in [0.25, 0.3) is 0 Å². The molecule has 0 heterocycles. The third kappa shape index (κ3) is 10.2. The number of primary amides is 1. The first-order valence-corrected chi connectivity index (χ1v) is 14.1. The molecule has 2 atom stereocenters. The third-order valence-electron chi connectivity index (χ3n) is 6.79. The molecule has 2 unspecified atom stereocenters. The molecule has 0 bridgehead atoms. The van der Waals surface area contributed by atoms with E-state index in [0.717, 1.165) is 44.1 Å². The molecule has 1 aromatic rings. The fourth-order valence-corrected chi connectivity index (χ4v) is 4.89. The maximum Gasteiger partial charge on any atom is 0.408 e. The minimum absolute atomic E-state index is 0.0221. The van der Waals surface area contributed by atoms with Crippen LogP contribution in [0.15, 0.2) is 24.3 Å². The van der Waals surface area contributed by atoms with Gasteiger partial charge in [0, 0.05) is 18.0 Å². The Labute approximate surface area is 233 Å². The van der Waals surface area contributed by atoms with Crippen molar-refractivity contribution in [1.82, 2.24) is 15.5 Å². The molecule has 1 aromatic carbocycles. The van der Waals surface area contributed by atoms with Gasteiger partial charge in [0.1, 0.15) is 17.7 Å². The van der Waals surface area contributed by atoms with Gasteiger partial charge in [0.25, 0.3) is 0 Å². The van der Waals surface area contributed by atoms with Crippen LogP contribution in [-0.4, -0.2) is 51.9 Å². The molecule has 1 saturated carbocycles. The van der Waals surface area contributed by atoms with Gasteiger partial charge < -0.3 is 26.0 Å². The molecule has 2 rings (SSSR count). The van der Waals surface area contributed by atoms with Crippen molar-refractivity contribution in [3.63, 3.8) is 0 Å². The van der Waals surface area contributed by atoms with E-state index >= 15 is 0 Å². The van der Waals surface area contributed by atoms with E-state index in [4.69, 9.17) is 10.5 Å². The van der Waals surface area contributed by atoms with Crippen LogP contribution >= 0.6 is 0 Å². The number of alkyl carbamates (subject to hydrolysis) is 1. The molecular formula is C30H48N4O5. The standard InChI is InChI=1S/C30H48N4O5/c1-8-20-14-16-21(17-15-20)25(26(36)32-22-12-10-9-11-13-22)34(29(2,3)4)27(37)23(18-19-24(31)35)33-28(38)39-30(5,6)7/h14-17,22-23,25H,8-13,18-19H2,1-7H3,(H2,31,35)(H,32,36)(H,33,38). The van der Waals surface area contributed by atoms with Crippen LogP contribution in [0.4, 0.5) is 4.79 Å². The second-order valence-electron chi connectivity index (χ2n) is 12.4. The normalized spacial score (nSPS) is 16.1. The van der Waals surface area contributed by atoms with Gasteiger partial charge in [-0.15, -0.1) is 0 Å². The first-order valence-electron chi connectivity index (χ1n) is 14.1. The number of ether oxygens (including phenoxy) is 1. The summed E-state index contributed by atoms with van der Waals surface area (Å²) in [7, 11) is 0. The van der Waals surface area contributed by atoms with Crippen LogP contribution in [0, 0.1) is 0 Å². The molecule has 0 aromatic heterocycles. The zero-order valence-corrected chi connectivity index (χ0v) is 24.8. The molecule has 0 saturated heterocycles. The molecule has 1 aliphatic rings. The summed E-state index contributed by atoms with van der Waals surface area (Å²) in [5, 5.41) is 5.83. The zero-order chi connectivity index (χ0) is 29.4. The largest absolute Gasteiger partial charge is 0.444 e. The smallest absolute Gasteiger partial charge is 0.408 e. The van der Waals surface area contributed by atoms with Gasteiger partial charge in [-0.05, 0) is 78.4 Å². The number of amides is 4. The first kappa shape index (κ1) is 32.1. The van der Waals surface area contributed by atoms with E-state index < -0.39 is 41.1 Å². The highest BCUT2D eigenvalue weighted by molar-refractivity contribution is 5.93. The number of nitrogens with two attached hydrogens (primary N) is 1. The highest BCUT2D eigenvalue weighted by atomic mass is 16.6. The molecule has 0 radical (unpaired) electrons. The van der Waals surface area contributed by atoms with Crippen molar-refractivity contribution >= 4 is 23.8 Å². The lowest BCUT2D eigenvalue weighted by Crippen LogP contribution is -2.59. The lowest BCUT2D eigenvalue weighted by Gasteiger charge is -2.43. The van der Waals surface area contributed by atoms with E-state index in [1.807, 2.05) is 45.0 Å². The van der Waals surface area contributed by atoms with Crippen molar-refractivity contribution in [2.45, 2.75) is 129 Å². The van der Waals surface area contributed by atoms with Crippen molar-refractivity contribution in [3.05, 3.63) is 35.4 Å². The molecule has 39 heavy (non-hydrogen) atoms. The third-order valence-corrected chi connectivity index (χ3v) is 6.79. The maximum atomic E-state index is 14.3. The second kappa shape index (κ2) is 13.8. The fourth-order valence-electron chi connectivity index (χ4n) is 4.89. The Morgan fingerprint density at radius 2 is 1.59 bits per heavy atom. The number of rotatable bonds is 10. The van der Waals surface area contributed by atoms with Gasteiger partial charge in [0.05, 0.1) is 0 Å². The van der Waals surface area contributed by atoms with Crippen LogP contribution in [0.1, 0.15) is 111 Å². The Hall–Kier alpha value is -3.10. The second-order valence-corrected chi connectivity index (χ2v) is 12.4. The lowest BCUT2D eigenvalue weighted by molar-refractivity contribution is -0.149. The van der Waals surface area contributed by atoms with Gasteiger partial charge in [-0.25, -0.2) is 4.79 Å². The number of aryl methyl sites for hydroxylation is 1. The molecule has 0 aliphatic heterocycles. The maximum absolute atomic E-state index is 14.3. The number of hydrogen-bond donors (Lipinski definition) is 3. The molecular weight excluding hydrogens is 496 g/mol. The number of carbonyl (C=O) groups is 4. The minimum Gasteiger partial charge on any atom is -0.444 e. The highest BCUT2D eigenvalue weighted by Gasteiger charge is 2.42. The van der Waals surface area contributed by atoms with E-state index in [2.05, 4.69) is 17.6 Å². The molecule has 1 aliphatic carbocycles. The summed E-state index contributed by atoms with van der Waals surface area (Å²) in [6.07, 6.45) is 4.98. The SMILES string of the molecule is CCc1ccc(C(C(=O)NC2CCCCC2)N(C(=O)C(CCC(N)=O)NC(=O)OC(C)(C)C)C(C)(C)C)cc1. The van der Waals surface area contributed by atoms with Gasteiger partial charge in [-0.1, -0.05) is 50.5 Å². The van der Waals surface area contributed by atoms with Gasteiger partial charge in [-0.2, -0.15) is 0 Å². The van der Waals surface area contributed by atoms with Crippen molar-refractivity contribution in [2.75, 3.05) is 0 Å². The zero-order valence-electron chi connectivity index (χ0n) is 24.8. The number of hydrogen-bond acceptors (Lipinski definition) is 5. The monoisotopic (exact) mass is 544 g/mol. The van der Waals surface area contributed by atoms with E-state index in [0.29, 0.717) is 5.56 Å². The van der Waals surface area contributed by atoms with Crippen LogP contribution in [0.5, 0.6) is 0 Å². The summed E-state index contributed by atoms with van der Waals surface area (Å²) in [6.45, 7) is 12.8. The Kier molecular flexibility index (Phi) is 11.4. The quantitative estimate of drug-likeness (QED) is 0.398. The molecule has 4 N–H and O–H groups in total. The predicted octanol–water partition coefficient (Wildman–Crippen LogP) is 4.52. The van der Waals surface area contributed by atoms with Crippen LogP contribution < -0.4 is 16.4 Å². The average molecular weight is 545 g/mol.